The van der Waals surface area contributed by atoms with Crippen molar-refractivity contribution in [2.24, 2.45) is 0 Å². The summed E-state index contributed by atoms with van der Waals surface area (Å²) in [5, 5.41) is 9.51. The standard InChI is InChI=1S/C6H13N3O2S/c1-7-5-6(8-2)9-3-4-12(10)11/h3-5,7-9H,1-2H3,(H,10,11)/b4-3-,6-5+. The highest BCUT2D eigenvalue weighted by molar-refractivity contribution is 7.82. The summed E-state index contributed by atoms with van der Waals surface area (Å²) in [6.45, 7) is 0. The van der Waals surface area contributed by atoms with Gasteiger partial charge < -0.3 is 20.5 Å². The molecule has 0 saturated carbocycles. The first-order valence-corrected chi connectivity index (χ1v) is 4.45. The van der Waals surface area contributed by atoms with Gasteiger partial charge in [0.2, 0.25) is 0 Å². The predicted molar refractivity (Wildman–Crippen MR) is 49.2 cm³/mol. The molecule has 0 aromatic rings. The Morgan fingerprint density at radius 1 is 1.50 bits per heavy atom. The highest BCUT2D eigenvalue weighted by Gasteiger charge is 1.86. The maximum absolute atomic E-state index is 10.2. The van der Waals surface area contributed by atoms with E-state index in [0.717, 1.165) is 5.41 Å². The van der Waals surface area contributed by atoms with Gasteiger partial charge in [0.1, 0.15) is 5.82 Å². The Morgan fingerprint density at radius 3 is 2.58 bits per heavy atom. The third kappa shape index (κ3) is 5.75. The molecule has 5 nitrogen and oxygen atoms in total. The highest BCUT2D eigenvalue weighted by atomic mass is 32.2. The fourth-order valence-corrected chi connectivity index (χ4v) is 0.697. The van der Waals surface area contributed by atoms with Crippen molar-refractivity contribution in [2.45, 2.75) is 0 Å². The Hall–Kier alpha value is -1.01. The first kappa shape index (κ1) is 11.0. The van der Waals surface area contributed by atoms with Gasteiger partial charge in [0.25, 0.3) is 0 Å². The van der Waals surface area contributed by atoms with Gasteiger partial charge in [0.15, 0.2) is 11.1 Å². The van der Waals surface area contributed by atoms with Crippen LogP contribution in [-0.2, 0) is 11.1 Å². The average molecular weight is 191 g/mol. The molecule has 0 aromatic heterocycles. The average Bonchev–Trinajstić information content (AvgIpc) is 2.02. The lowest BCUT2D eigenvalue weighted by Crippen LogP contribution is -2.20. The minimum Gasteiger partial charge on any atom is -0.391 e. The number of nitrogens with one attached hydrogen (secondary N) is 3. The summed E-state index contributed by atoms with van der Waals surface area (Å²) in [4.78, 5) is 0. The van der Waals surface area contributed by atoms with E-state index in [-0.39, 0.29) is 0 Å². The van der Waals surface area contributed by atoms with E-state index in [4.69, 9.17) is 4.55 Å². The summed E-state index contributed by atoms with van der Waals surface area (Å²) in [6, 6.07) is 0. The summed E-state index contributed by atoms with van der Waals surface area (Å²) in [7, 11) is 3.49. The summed E-state index contributed by atoms with van der Waals surface area (Å²) < 4.78 is 18.5. The van der Waals surface area contributed by atoms with Gasteiger partial charge >= 0.3 is 0 Å². The maximum atomic E-state index is 10.2. The van der Waals surface area contributed by atoms with Gasteiger partial charge in [-0.05, 0) is 0 Å². The highest BCUT2D eigenvalue weighted by Crippen LogP contribution is 1.80. The van der Waals surface area contributed by atoms with Crippen LogP contribution in [0, 0.1) is 0 Å². The molecule has 0 spiro atoms. The fourth-order valence-electron chi connectivity index (χ4n) is 0.512. The van der Waals surface area contributed by atoms with E-state index < -0.39 is 11.1 Å². The van der Waals surface area contributed by atoms with Gasteiger partial charge in [-0.1, -0.05) is 0 Å². The summed E-state index contributed by atoms with van der Waals surface area (Å²) >= 11 is -1.91. The molecule has 0 aromatic carbocycles. The van der Waals surface area contributed by atoms with Crippen molar-refractivity contribution in [3.05, 3.63) is 23.6 Å². The van der Waals surface area contributed by atoms with Gasteiger partial charge in [0, 0.05) is 31.9 Å². The minimum absolute atomic E-state index is 0.708. The summed E-state index contributed by atoms with van der Waals surface area (Å²) in [6.07, 6.45) is 3.07. The zero-order valence-electron chi connectivity index (χ0n) is 7.00. The van der Waals surface area contributed by atoms with Crippen molar-refractivity contribution >= 4 is 11.1 Å². The van der Waals surface area contributed by atoms with Crippen LogP contribution in [-0.4, -0.2) is 22.9 Å². The third-order valence-electron chi connectivity index (χ3n) is 0.981. The van der Waals surface area contributed by atoms with E-state index in [9.17, 15) is 4.21 Å². The molecule has 0 bridgehead atoms. The zero-order chi connectivity index (χ0) is 9.40. The molecular formula is C6H13N3O2S. The lowest BCUT2D eigenvalue weighted by molar-refractivity contribution is 0.574. The number of hydrogen-bond donors (Lipinski definition) is 4. The molecule has 0 aliphatic heterocycles. The van der Waals surface area contributed by atoms with Crippen LogP contribution in [0.3, 0.4) is 0 Å². The first-order chi connectivity index (χ1) is 5.70. The van der Waals surface area contributed by atoms with E-state index in [0.29, 0.717) is 5.82 Å². The van der Waals surface area contributed by atoms with Crippen molar-refractivity contribution in [3.63, 3.8) is 0 Å². The molecule has 0 amide bonds. The fraction of sp³-hybridized carbons (Fsp3) is 0.333. The molecule has 4 N–H and O–H groups in total. The largest absolute Gasteiger partial charge is 0.391 e. The summed E-state index contributed by atoms with van der Waals surface area (Å²) in [5.74, 6) is 0.708. The van der Waals surface area contributed by atoms with Crippen molar-refractivity contribution in [3.8, 4) is 0 Å². The van der Waals surface area contributed by atoms with Crippen LogP contribution in [0.4, 0.5) is 0 Å². The SMILES string of the molecule is CN/C=C(\NC)N/C=C\S(=O)O. The van der Waals surface area contributed by atoms with Crippen LogP contribution in [0.25, 0.3) is 0 Å². The monoisotopic (exact) mass is 191 g/mol. The second kappa shape index (κ2) is 6.68. The second-order valence-electron chi connectivity index (χ2n) is 1.82. The quantitative estimate of drug-likeness (QED) is 0.441. The van der Waals surface area contributed by atoms with Crippen molar-refractivity contribution in [2.75, 3.05) is 14.1 Å². The van der Waals surface area contributed by atoms with Gasteiger partial charge in [-0.3, -0.25) is 0 Å². The molecule has 6 heteroatoms. The topological polar surface area (TPSA) is 73.4 Å². The Balaban J connectivity index is 3.88. The molecule has 0 radical (unpaired) electrons. The molecular weight excluding hydrogens is 178 g/mol. The van der Waals surface area contributed by atoms with Gasteiger partial charge in [-0.25, -0.2) is 4.21 Å². The van der Waals surface area contributed by atoms with E-state index in [1.165, 1.54) is 6.20 Å². The maximum Gasteiger partial charge on any atom is 0.180 e. The molecule has 1 unspecified atom stereocenters. The Bertz CT molecular complexity index is 203. The lowest BCUT2D eigenvalue weighted by atomic mass is 10.7. The molecule has 0 rings (SSSR count). The van der Waals surface area contributed by atoms with Gasteiger partial charge in [0.05, 0.1) is 0 Å². The van der Waals surface area contributed by atoms with Gasteiger partial charge in [-0.15, -0.1) is 0 Å². The minimum atomic E-state index is -1.91. The van der Waals surface area contributed by atoms with Crippen LogP contribution < -0.4 is 16.0 Å². The zero-order valence-corrected chi connectivity index (χ0v) is 7.81. The smallest absolute Gasteiger partial charge is 0.180 e. The molecule has 70 valence electrons. The van der Waals surface area contributed by atoms with Gasteiger partial charge in [-0.2, -0.15) is 0 Å². The molecule has 0 fully saturated rings. The first-order valence-electron chi connectivity index (χ1n) is 3.28. The van der Waals surface area contributed by atoms with E-state index in [1.807, 2.05) is 0 Å². The molecule has 12 heavy (non-hydrogen) atoms. The molecule has 0 heterocycles. The van der Waals surface area contributed by atoms with Crippen molar-refractivity contribution in [1.82, 2.24) is 16.0 Å². The molecule has 0 saturated heterocycles. The number of rotatable bonds is 5. The van der Waals surface area contributed by atoms with Crippen LogP contribution in [0.5, 0.6) is 0 Å². The Morgan fingerprint density at radius 2 is 2.17 bits per heavy atom. The van der Waals surface area contributed by atoms with Crippen LogP contribution in [0.2, 0.25) is 0 Å². The second-order valence-corrected chi connectivity index (χ2v) is 2.64. The Kier molecular flexibility index (Phi) is 6.12. The molecule has 0 aliphatic rings. The van der Waals surface area contributed by atoms with Crippen LogP contribution >= 0.6 is 0 Å². The Labute approximate surface area is 74.2 Å². The van der Waals surface area contributed by atoms with Crippen molar-refractivity contribution in [1.29, 1.82) is 0 Å². The number of hydrogen-bond acceptors (Lipinski definition) is 4. The van der Waals surface area contributed by atoms with E-state index >= 15 is 0 Å². The van der Waals surface area contributed by atoms with Crippen molar-refractivity contribution < 1.29 is 8.76 Å². The van der Waals surface area contributed by atoms with E-state index in [1.54, 1.807) is 20.3 Å². The lowest BCUT2D eigenvalue weighted by Gasteiger charge is -2.04. The summed E-state index contributed by atoms with van der Waals surface area (Å²) in [5.41, 5.74) is 0. The molecule has 0 aliphatic carbocycles. The molecule has 1 atom stereocenters. The van der Waals surface area contributed by atoms with E-state index in [2.05, 4.69) is 16.0 Å². The van der Waals surface area contributed by atoms with Crippen LogP contribution in [0.15, 0.2) is 23.6 Å². The third-order valence-corrected chi connectivity index (χ3v) is 1.35. The predicted octanol–water partition coefficient (Wildman–Crippen LogP) is -0.493. The normalized spacial score (nSPS) is 14.4. The van der Waals surface area contributed by atoms with Crippen LogP contribution in [0.1, 0.15) is 0 Å².